The number of nitrogens with one attached hydrogen (secondary N) is 2. The summed E-state index contributed by atoms with van der Waals surface area (Å²) in [7, 11) is 0. The van der Waals surface area contributed by atoms with E-state index in [1.807, 2.05) is 6.07 Å². The summed E-state index contributed by atoms with van der Waals surface area (Å²) >= 11 is 0. The third-order valence-electron chi connectivity index (χ3n) is 3.56. The zero-order valence-electron chi connectivity index (χ0n) is 16.2. The summed E-state index contributed by atoms with van der Waals surface area (Å²) in [5.41, 5.74) is 1.75. The van der Waals surface area contributed by atoms with Gasteiger partial charge in [0, 0.05) is 25.3 Å². The van der Waals surface area contributed by atoms with Gasteiger partial charge in [0.15, 0.2) is 0 Å². The molecule has 6 nitrogen and oxygen atoms in total. The van der Waals surface area contributed by atoms with Gasteiger partial charge in [0.1, 0.15) is 11.6 Å². The van der Waals surface area contributed by atoms with Crippen molar-refractivity contribution >= 4 is 17.7 Å². The maximum absolute atomic E-state index is 12.1. The van der Waals surface area contributed by atoms with E-state index in [1.165, 1.54) is 5.56 Å². The summed E-state index contributed by atoms with van der Waals surface area (Å²) in [6.45, 7) is 13.2. The van der Waals surface area contributed by atoms with Gasteiger partial charge in [-0.25, -0.2) is 4.79 Å². The molecule has 0 fully saturated rings. The number of benzene rings is 1. The summed E-state index contributed by atoms with van der Waals surface area (Å²) in [6.07, 6.45) is -0.593. The zero-order chi connectivity index (χ0) is 19.0. The predicted molar refractivity (Wildman–Crippen MR) is 101 cm³/mol. The van der Waals surface area contributed by atoms with Gasteiger partial charge in [-0.05, 0) is 59.2 Å². The Morgan fingerprint density at radius 2 is 1.96 bits per heavy atom. The number of carbonyl (C=O) groups excluding carboxylic acids is 2. The lowest BCUT2D eigenvalue weighted by molar-refractivity contribution is -0.122. The standard InChI is InChI=1S/C19H31N3O3/c1-7-22(16-10-8-9-14(2)13-16)12-11-20-17(23)15(3)21-18(24)25-19(4,5)6/h8-10,13,15H,7,11-12H2,1-6H3,(H,20,23)(H,21,24)/t15-/m1/s1. The fraction of sp³-hybridized carbons (Fsp3) is 0.579. The molecule has 0 radical (unpaired) electrons. The third-order valence-corrected chi connectivity index (χ3v) is 3.56. The largest absolute Gasteiger partial charge is 0.444 e. The maximum atomic E-state index is 12.1. The number of likely N-dealkylation sites (N-methyl/N-ethyl adjacent to an activating group) is 1. The molecule has 0 aliphatic heterocycles. The van der Waals surface area contributed by atoms with Gasteiger partial charge < -0.3 is 20.3 Å². The van der Waals surface area contributed by atoms with Gasteiger partial charge >= 0.3 is 6.09 Å². The number of amides is 2. The van der Waals surface area contributed by atoms with Gasteiger partial charge in [0.05, 0.1) is 0 Å². The first-order chi connectivity index (χ1) is 11.6. The van der Waals surface area contributed by atoms with Gasteiger partial charge in [-0.2, -0.15) is 0 Å². The first kappa shape index (κ1) is 20.8. The van der Waals surface area contributed by atoms with Gasteiger partial charge in [-0.3, -0.25) is 4.79 Å². The van der Waals surface area contributed by atoms with Crippen LogP contribution in [0.1, 0.15) is 40.2 Å². The average Bonchev–Trinajstić information content (AvgIpc) is 2.49. The number of anilines is 1. The Hall–Kier alpha value is -2.24. The zero-order valence-corrected chi connectivity index (χ0v) is 16.2. The Balaban J connectivity index is 2.43. The van der Waals surface area contributed by atoms with Crippen LogP contribution in [0.15, 0.2) is 24.3 Å². The number of ether oxygens (including phenoxy) is 1. The molecule has 140 valence electrons. The first-order valence-electron chi connectivity index (χ1n) is 8.71. The topological polar surface area (TPSA) is 70.7 Å². The monoisotopic (exact) mass is 349 g/mol. The van der Waals surface area contributed by atoms with Crippen molar-refractivity contribution in [3.05, 3.63) is 29.8 Å². The van der Waals surface area contributed by atoms with E-state index in [-0.39, 0.29) is 5.91 Å². The van der Waals surface area contributed by atoms with Crippen molar-refractivity contribution in [3.8, 4) is 0 Å². The number of aryl methyl sites for hydroxylation is 1. The number of hydrogen-bond donors (Lipinski definition) is 2. The number of hydrogen-bond acceptors (Lipinski definition) is 4. The molecule has 2 amide bonds. The Kier molecular flexibility index (Phi) is 7.74. The number of nitrogens with zero attached hydrogens (tertiary/aromatic N) is 1. The van der Waals surface area contributed by atoms with E-state index in [1.54, 1.807) is 27.7 Å². The van der Waals surface area contributed by atoms with Crippen LogP contribution < -0.4 is 15.5 Å². The smallest absolute Gasteiger partial charge is 0.408 e. The van der Waals surface area contributed by atoms with Crippen LogP contribution >= 0.6 is 0 Å². The highest BCUT2D eigenvalue weighted by Crippen LogP contribution is 2.15. The molecular weight excluding hydrogens is 318 g/mol. The molecule has 0 saturated heterocycles. The van der Waals surface area contributed by atoms with E-state index in [9.17, 15) is 9.59 Å². The van der Waals surface area contributed by atoms with E-state index in [0.717, 1.165) is 12.2 Å². The Morgan fingerprint density at radius 1 is 1.28 bits per heavy atom. The Labute approximate surface area is 150 Å². The van der Waals surface area contributed by atoms with Crippen LogP contribution in [0.3, 0.4) is 0 Å². The fourth-order valence-electron chi connectivity index (χ4n) is 2.31. The van der Waals surface area contributed by atoms with E-state index >= 15 is 0 Å². The van der Waals surface area contributed by atoms with E-state index < -0.39 is 17.7 Å². The van der Waals surface area contributed by atoms with E-state index in [4.69, 9.17) is 4.74 Å². The summed E-state index contributed by atoms with van der Waals surface area (Å²) in [4.78, 5) is 26.0. The van der Waals surface area contributed by atoms with Crippen molar-refractivity contribution in [2.75, 3.05) is 24.5 Å². The minimum absolute atomic E-state index is 0.230. The molecule has 0 saturated carbocycles. The number of rotatable bonds is 7. The van der Waals surface area contributed by atoms with Crippen LogP contribution in [0.5, 0.6) is 0 Å². The predicted octanol–water partition coefficient (Wildman–Crippen LogP) is 2.85. The first-order valence-corrected chi connectivity index (χ1v) is 8.71. The third kappa shape index (κ3) is 7.92. The fourth-order valence-corrected chi connectivity index (χ4v) is 2.31. The van der Waals surface area contributed by atoms with Crippen molar-refractivity contribution < 1.29 is 14.3 Å². The average molecular weight is 349 g/mol. The van der Waals surface area contributed by atoms with Crippen LogP contribution in [-0.2, 0) is 9.53 Å². The lowest BCUT2D eigenvalue weighted by Crippen LogP contribution is -2.47. The summed E-state index contributed by atoms with van der Waals surface area (Å²) in [5, 5.41) is 5.39. The summed E-state index contributed by atoms with van der Waals surface area (Å²) in [6, 6.07) is 7.62. The summed E-state index contributed by atoms with van der Waals surface area (Å²) in [5.74, 6) is -0.230. The normalized spacial score (nSPS) is 12.2. The molecule has 0 spiro atoms. The van der Waals surface area contributed by atoms with Crippen molar-refractivity contribution in [3.63, 3.8) is 0 Å². The molecule has 0 bridgehead atoms. The van der Waals surface area contributed by atoms with Crippen LogP contribution in [0.4, 0.5) is 10.5 Å². The Morgan fingerprint density at radius 3 is 2.52 bits per heavy atom. The lowest BCUT2D eigenvalue weighted by atomic mass is 10.2. The van der Waals surface area contributed by atoms with Gasteiger partial charge in [-0.1, -0.05) is 12.1 Å². The summed E-state index contributed by atoms with van der Waals surface area (Å²) < 4.78 is 5.15. The van der Waals surface area contributed by atoms with Crippen LogP contribution in [0.2, 0.25) is 0 Å². The van der Waals surface area contributed by atoms with Crippen molar-refractivity contribution in [1.29, 1.82) is 0 Å². The molecule has 25 heavy (non-hydrogen) atoms. The van der Waals surface area contributed by atoms with Crippen LogP contribution in [0, 0.1) is 6.92 Å². The highest BCUT2D eigenvalue weighted by molar-refractivity contribution is 5.85. The van der Waals surface area contributed by atoms with Gasteiger partial charge in [0.25, 0.3) is 0 Å². The van der Waals surface area contributed by atoms with Gasteiger partial charge in [0.2, 0.25) is 5.91 Å². The molecule has 1 aromatic rings. The SMILES string of the molecule is CCN(CCNC(=O)[C@@H](C)NC(=O)OC(C)(C)C)c1cccc(C)c1. The molecule has 2 N–H and O–H groups in total. The molecule has 0 heterocycles. The lowest BCUT2D eigenvalue weighted by Gasteiger charge is -2.24. The second-order valence-corrected chi connectivity index (χ2v) is 7.08. The van der Waals surface area contributed by atoms with Crippen molar-refractivity contribution in [1.82, 2.24) is 10.6 Å². The second-order valence-electron chi connectivity index (χ2n) is 7.08. The molecule has 6 heteroatoms. The molecule has 0 aromatic heterocycles. The van der Waals surface area contributed by atoms with Crippen LogP contribution in [0.25, 0.3) is 0 Å². The van der Waals surface area contributed by atoms with Crippen molar-refractivity contribution in [2.24, 2.45) is 0 Å². The maximum Gasteiger partial charge on any atom is 0.408 e. The second kappa shape index (κ2) is 9.30. The molecule has 0 unspecified atom stereocenters. The van der Waals surface area contributed by atoms with Gasteiger partial charge in [-0.15, -0.1) is 0 Å². The highest BCUT2D eigenvalue weighted by atomic mass is 16.6. The molecule has 0 aliphatic rings. The molecule has 1 rings (SSSR count). The highest BCUT2D eigenvalue weighted by Gasteiger charge is 2.20. The minimum Gasteiger partial charge on any atom is -0.444 e. The molecule has 1 aromatic carbocycles. The Bertz CT molecular complexity index is 582. The van der Waals surface area contributed by atoms with E-state index in [0.29, 0.717) is 13.1 Å². The van der Waals surface area contributed by atoms with Crippen molar-refractivity contribution in [2.45, 2.75) is 53.2 Å². The number of alkyl carbamates (subject to hydrolysis) is 1. The minimum atomic E-state index is -0.649. The quantitative estimate of drug-likeness (QED) is 0.794. The molecule has 0 aliphatic carbocycles. The molecule has 1 atom stereocenters. The van der Waals surface area contributed by atoms with E-state index in [2.05, 4.69) is 47.6 Å². The van der Waals surface area contributed by atoms with Crippen LogP contribution in [-0.4, -0.2) is 43.3 Å². The molecular formula is C19H31N3O3. The number of carbonyl (C=O) groups is 2.